The van der Waals surface area contributed by atoms with Crippen LogP contribution >= 0.6 is 22.6 Å². The smallest absolute Gasteiger partial charge is 0.139 e. The molecule has 0 saturated carbocycles. The second-order valence-corrected chi connectivity index (χ2v) is 3.20. The number of alkyl halides is 1. The Hall–Kier alpha value is -0.450. The highest BCUT2D eigenvalue weighted by Gasteiger charge is 2.02. The molecule has 0 atom stereocenters. The third-order valence-corrected chi connectivity index (χ3v) is 2.17. The molecule has 1 aromatic carbocycles. The molecule has 0 aromatic heterocycles. The molecule has 72 valence electrons. The molecule has 1 rings (SSSR count). The van der Waals surface area contributed by atoms with Crippen molar-refractivity contribution >= 4 is 22.6 Å². The van der Waals surface area contributed by atoms with Crippen LogP contribution < -0.4 is 9.47 Å². The summed E-state index contributed by atoms with van der Waals surface area (Å²) in [6, 6.07) is 5.90. The van der Waals surface area contributed by atoms with E-state index in [1.807, 2.05) is 18.2 Å². The van der Waals surface area contributed by atoms with Gasteiger partial charge in [-0.25, -0.2) is 0 Å². The summed E-state index contributed by atoms with van der Waals surface area (Å²) in [6.07, 6.45) is 0.960. The van der Waals surface area contributed by atoms with Crippen LogP contribution in [0, 0.1) is 0 Å². The van der Waals surface area contributed by atoms with Gasteiger partial charge >= 0.3 is 0 Å². The van der Waals surface area contributed by atoms with Gasteiger partial charge in [0, 0.05) is 0 Å². The Morgan fingerprint density at radius 2 is 2.15 bits per heavy atom. The lowest BCUT2D eigenvalue weighted by atomic mass is 10.1. The lowest BCUT2D eigenvalue weighted by Gasteiger charge is -2.08. The third-order valence-electron chi connectivity index (χ3n) is 1.85. The van der Waals surface area contributed by atoms with Crippen LogP contribution in [0.25, 0.3) is 0 Å². The van der Waals surface area contributed by atoms with Gasteiger partial charge in [0.25, 0.3) is 0 Å². The minimum Gasteiger partial charge on any atom is -0.496 e. The molecule has 0 aliphatic rings. The highest BCUT2D eigenvalue weighted by atomic mass is 127. The van der Waals surface area contributed by atoms with Crippen LogP contribution in [0.3, 0.4) is 0 Å². The predicted molar refractivity (Wildman–Crippen MR) is 61.9 cm³/mol. The average molecular weight is 292 g/mol. The largest absolute Gasteiger partial charge is 0.496 e. The normalized spacial score (nSPS) is 9.77. The Morgan fingerprint density at radius 1 is 1.38 bits per heavy atom. The summed E-state index contributed by atoms with van der Waals surface area (Å²) in [7, 11) is 1.69. The first kappa shape index (κ1) is 10.6. The van der Waals surface area contributed by atoms with E-state index in [0.717, 1.165) is 17.9 Å². The number of aryl methyl sites for hydroxylation is 1. The van der Waals surface area contributed by atoms with Crippen molar-refractivity contribution in [3.8, 4) is 11.5 Å². The van der Waals surface area contributed by atoms with Gasteiger partial charge in [0.1, 0.15) is 16.1 Å². The van der Waals surface area contributed by atoms with E-state index in [9.17, 15) is 0 Å². The molecule has 0 radical (unpaired) electrons. The number of hydrogen-bond acceptors (Lipinski definition) is 2. The van der Waals surface area contributed by atoms with Crippen LogP contribution in [-0.2, 0) is 6.42 Å². The van der Waals surface area contributed by atoms with Gasteiger partial charge in [0.05, 0.1) is 7.11 Å². The highest BCUT2D eigenvalue weighted by molar-refractivity contribution is 14.1. The highest BCUT2D eigenvalue weighted by Crippen LogP contribution is 2.24. The molecule has 0 N–H and O–H groups in total. The van der Waals surface area contributed by atoms with E-state index in [1.165, 1.54) is 5.56 Å². The molecule has 0 aliphatic heterocycles. The minimum absolute atomic E-state index is 0.674. The van der Waals surface area contributed by atoms with Crippen molar-refractivity contribution in [2.75, 3.05) is 11.7 Å². The maximum atomic E-state index is 5.38. The fourth-order valence-corrected chi connectivity index (χ4v) is 1.54. The van der Waals surface area contributed by atoms with Gasteiger partial charge in [-0.1, -0.05) is 6.92 Å². The second-order valence-electron chi connectivity index (χ2n) is 2.58. The summed E-state index contributed by atoms with van der Waals surface area (Å²) >= 11 is 2.18. The summed E-state index contributed by atoms with van der Waals surface area (Å²) in [4.78, 5) is 0. The van der Waals surface area contributed by atoms with Crippen molar-refractivity contribution in [3.05, 3.63) is 23.8 Å². The first-order valence-electron chi connectivity index (χ1n) is 4.17. The van der Waals surface area contributed by atoms with E-state index >= 15 is 0 Å². The van der Waals surface area contributed by atoms with E-state index in [4.69, 9.17) is 9.47 Å². The summed E-state index contributed by atoms with van der Waals surface area (Å²) in [5, 5.41) is 0. The first-order chi connectivity index (χ1) is 6.31. The van der Waals surface area contributed by atoms with Crippen molar-refractivity contribution in [3.63, 3.8) is 0 Å². The lowest BCUT2D eigenvalue weighted by molar-refractivity contribution is 0.394. The quantitative estimate of drug-likeness (QED) is 0.627. The molecule has 0 unspecified atom stereocenters. The number of rotatable bonds is 4. The summed E-state index contributed by atoms with van der Waals surface area (Å²) < 4.78 is 11.3. The van der Waals surface area contributed by atoms with Crippen LogP contribution in [0.2, 0.25) is 0 Å². The Labute approximate surface area is 92.4 Å². The molecule has 0 fully saturated rings. The first-order valence-corrected chi connectivity index (χ1v) is 5.70. The zero-order chi connectivity index (χ0) is 9.68. The number of ether oxygens (including phenoxy) is 2. The van der Waals surface area contributed by atoms with Crippen LogP contribution in [0.15, 0.2) is 18.2 Å². The van der Waals surface area contributed by atoms with E-state index < -0.39 is 0 Å². The van der Waals surface area contributed by atoms with Gasteiger partial charge in [-0.3, -0.25) is 0 Å². The predicted octanol–water partition coefficient (Wildman–Crippen LogP) is 3.03. The molecule has 0 heterocycles. The van der Waals surface area contributed by atoms with Gasteiger partial charge in [0.2, 0.25) is 0 Å². The molecule has 0 aliphatic carbocycles. The molecule has 0 saturated heterocycles. The molecular weight excluding hydrogens is 279 g/mol. The van der Waals surface area contributed by atoms with Crippen molar-refractivity contribution in [2.24, 2.45) is 0 Å². The SMILES string of the molecule is CCc1cc(OCI)ccc1OC. The van der Waals surface area contributed by atoms with Crippen LogP contribution in [0.4, 0.5) is 0 Å². The second kappa shape index (κ2) is 5.32. The third kappa shape index (κ3) is 2.76. The van der Waals surface area contributed by atoms with Crippen molar-refractivity contribution < 1.29 is 9.47 Å². The van der Waals surface area contributed by atoms with Crippen LogP contribution in [0.5, 0.6) is 11.5 Å². The Morgan fingerprint density at radius 3 is 2.69 bits per heavy atom. The Bertz CT molecular complexity index is 274. The van der Waals surface area contributed by atoms with Crippen LogP contribution in [-0.4, -0.2) is 11.7 Å². The zero-order valence-electron chi connectivity index (χ0n) is 7.84. The molecule has 0 spiro atoms. The number of methoxy groups -OCH3 is 1. The number of hydrogen-bond donors (Lipinski definition) is 0. The molecule has 1 aromatic rings. The van der Waals surface area contributed by atoms with Gasteiger partial charge < -0.3 is 9.47 Å². The van der Waals surface area contributed by atoms with Gasteiger partial charge in [-0.15, -0.1) is 0 Å². The van der Waals surface area contributed by atoms with Crippen molar-refractivity contribution in [1.82, 2.24) is 0 Å². The molecule has 0 bridgehead atoms. The molecule has 3 heteroatoms. The van der Waals surface area contributed by atoms with Gasteiger partial charge in [0.15, 0.2) is 0 Å². The van der Waals surface area contributed by atoms with Gasteiger partial charge in [-0.2, -0.15) is 0 Å². The monoisotopic (exact) mass is 292 g/mol. The fourth-order valence-electron chi connectivity index (χ4n) is 1.18. The number of halogens is 1. The van der Waals surface area contributed by atoms with Crippen molar-refractivity contribution in [2.45, 2.75) is 13.3 Å². The zero-order valence-corrected chi connectivity index (χ0v) is 10.00. The summed E-state index contributed by atoms with van der Waals surface area (Å²) in [6.45, 7) is 2.10. The lowest BCUT2D eigenvalue weighted by Crippen LogP contribution is -1.93. The molecular formula is C10H13IO2. The topological polar surface area (TPSA) is 18.5 Å². The van der Waals surface area contributed by atoms with Crippen molar-refractivity contribution in [1.29, 1.82) is 0 Å². The van der Waals surface area contributed by atoms with E-state index in [2.05, 4.69) is 29.5 Å². The fraction of sp³-hybridized carbons (Fsp3) is 0.400. The Balaban J connectivity index is 2.91. The maximum absolute atomic E-state index is 5.38. The minimum atomic E-state index is 0.674. The molecule has 0 amide bonds. The van der Waals surface area contributed by atoms with Crippen LogP contribution in [0.1, 0.15) is 12.5 Å². The number of benzene rings is 1. The maximum Gasteiger partial charge on any atom is 0.139 e. The Kier molecular flexibility index (Phi) is 4.35. The summed E-state index contributed by atoms with van der Waals surface area (Å²) in [5.74, 6) is 1.84. The standard InChI is InChI=1S/C10H13IO2/c1-3-8-6-9(13-7-11)4-5-10(8)12-2/h4-6H,3,7H2,1-2H3. The van der Waals surface area contributed by atoms with E-state index in [1.54, 1.807) is 7.11 Å². The molecule has 13 heavy (non-hydrogen) atoms. The van der Waals surface area contributed by atoms with Gasteiger partial charge in [-0.05, 0) is 52.8 Å². The average Bonchev–Trinajstić information content (AvgIpc) is 2.18. The summed E-state index contributed by atoms with van der Waals surface area (Å²) in [5.41, 5.74) is 1.19. The van der Waals surface area contributed by atoms with E-state index in [0.29, 0.717) is 4.61 Å². The molecule has 2 nitrogen and oxygen atoms in total. The van der Waals surface area contributed by atoms with E-state index in [-0.39, 0.29) is 0 Å².